The first-order valence-electron chi connectivity index (χ1n) is 13.8. The summed E-state index contributed by atoms with van der Waals surface area (Å²) in [6.45, 7) is 7.54. The van der Waals surface area contributed by atoms with E-state index in [1.807, 2.05) is 27.7 Å². The number of carboxylic acid groups (broad SMARTS) is 2. The smallest absolute Gasteiger partial charge is 0.407 e. The number of aromatic carboxylic acids is 1. The van der Waals surface area contributed by atoms with E-state index >= 15 is 0 Å². The SMILES string of the molecule is CC(C)COC(=O)N[C@@H](CCC(=O)O)C(=O)N[C@@H](CC(C)C)C(=O)N[C@@H](CS)C(=O)NCCc1ccc(C(=O)O)cc1Cl. The summed E-state index contributed by atoms with van der Waals surface area (Å²) < 4.78 is 5.04. The average Bonchev–Trinajstić information content (AvgIpc) is 2.92. The van der Waals surface area contributed by atoms with Gasteiger partial charge in [0, 0.05) is 23.7 Å². The lowest BCUT2D eigenvalue weighted by Gasteiger charge is -2.25. The van der Waals surface area contributed by atoms with E-state index in [1.54, 1.807) is 6.07 Å². The first-order chi connectivity index (χ1) is 20.1. The van der Waals surface area contributed by atoms with Crippen LogP contribution in [0.1, 0.15) is 62.9 Å². The van der Waals surface area contributed by atoms with E-state index in [1.165, 1.54) is 12.1 Å². The fourth-order valence-electron chi connectivity index (χ4n) is 3.73. The van der Waals surface area contributed by atoms with Crippen LogP contribution in [-0.2, 0) is 30.3 Å². The molecule has 240 valence electrons. The number of alkyl carbamates (subject to hydrolysis) is 1. The molecule has 1 aromatic rings. The van der Waals surface area contributed by atoms with Gasteiger partial charge in [-0.25, -0.2) is 9.59 Å². The summed E-state index contributed by atoms with van der Waals surface area (Å²) >= 11 is 10.3. The van der Waals surface area contributed by atoms with Crippen molar-refractivity contribution >= 4 is 60.0 Å². The van der Waals surface area contributed by atoms with E-state index in [4.69, 9.17) is 26.6 Å². The molecule has 15 heteroatoms. The van der Waals surface area contributed by atoms with Crippen molar-refractivity contribution in [2.24, 2.45) is 11.8 Å². The van der Waals surface area contributed by atoms with Crippen LogP contribution in [0.5, 0.6) is 0 Å². The zero-order valence-electron chi connectivity index (χ0n) is 24.6. The van der Waals surface area contributed by atoms with E-state index < -0.39 is 60.3 Å². The van der Waals surface area contributed by atoms with Crippen molar-refractivity contribution in [3.63, 3.8) is 0 Å². The molecule has 0 unspecified atom stereocenters. The molecule has 0 radical (unpaired) electrons. The minimum Gasteiger partial charge on any atom is -0.481 e. The fourth-order valence-corrected chi connectivity index (χ4v) is 4.26. The monoisotopic (exact) mass is 644 g/mol. The highest BCUT2D eigenvalue weighted by Gasteiger charge is 2.30. The number of amides is 4. The maximum atomic E-state index is 13.2. The Kier molecular flexibility index (Phi) is 16.5. The van der Waals surface area contributed by atoms with Gasteiger partial charge in [-0.15, -0.1) is 0 Å². The van der Waals surface area contributed by atoms with Gasteiger partial charge >= 0.3 is 18.0 Å². The van der Waals surface area contributed by atoms with Crippen LogP contribution in [0.2, 0.25) is 5.02 Å². The highest BCUT2D eigenvalue weighted by Crippen LogP contribution is 2.18. The average molecular weight is 645 g/mol. The molecular weight excluding hydrogens is 604 g/mol. The number of benzene rings is 1. The number of carbonyl (C=O) groups is 6. The Morgan fingerprint density at radius 2 is 1.51 bits per heavy atom. The molecule has 6 N–H and O–H groups in total. The molecule has 1 aromatic carbocycles. The Morgan fingerprint density at radius 3 is 2.05 bits per heavy atom. The fraction of sp³-hybridized carbons (Fsp3) is 0.571. The second-order valence-electron chi connectivity index (χ2n) is 10.7. The number of hydrogen-bond donors (Lipinski definition) is 7. The van der Waals surface area contributed by atoms with Crippen molar-refractivity contribution in [3.05, 3.63) is 34.3 Å². The van der Waals surface area contributed by atoms with Crippen LogP contribution in [0.3, 0.4) is 0 Å². The van der Waals surface area contributed by atoms with Crippen molar-refractivity contribution in [3.8, 4) is 0 Å². The van der Waals surface area contributed by atoms with E-state index in [0.29, 0.717) is 12.0 Å². The van der Waals surface area contributed by atoms with Gasteiger partial charge in [-0.1, -0.05) is 45.4 Å². The lowest BCUT2D eigenvalue weighted by Crippen LogP contribution is -2.57. The summed E-state index contributed by atoms with van der Waals surface area (Å²) in [5.41, 5.74) is 0.658. The minimum atomic E-state index is -1.28. The third-order valence-electron chi connectivity index (χ3n) is 5.95. The van der Waals surface area contributed by atoms with E-state index in [2.05, 4.69) is 33.9 Å². The van der Waals surface area contributed by atoms with Crippen molar-refractivity contribution < 1.29 is 43.7 Å². The van der Waals surface area contributed by atoms with Gasteiger partial charge in [0.2, 0.25) is 17.7 Å². The quantitative estimate of drug-likeness (QED) is 0.117. The molecule has 1 rings (SSSR count). The topological polar surface area (TPSA) is 200 Å². The number of carbonyl (C=O) groups excluding carboxylic acids is 4. The molecule has 0 aliphatic rings. The van der Waals surface area contributed by atoms with E-state index in [-0.39, 0.29) is 54.2 Å². The van der Waals surface area contributed by atoms with Crippen molar-refractivity contribution in [2.45, 2.75) is 71.5 Å². The van der Waals surface area contributed by atoms with Gasteiger partial charge in [0.1, 0.15) is 18.1 Å². The normalized spacial score (nSPS) is 13.0. The van der Waals surface area contributed by atoms with Crippen LogP contribution < -0.4 is 21.3 Å². The molecule has 0 spiro atoms. The summed E-state index contributed by atoms with van der Waals surface area (Å²) in [6.07, 6.45) is -1.06. The number of ether oxygens (including phenoxy) is 1. The zero-order valence-corrected chi connectivity index (χ0v) is 26.3. The first-order valence-corrected chi connectivity index (χ1v) is 14.8. The summed E-state index contributed by atoms with van der Waals surface area (Å²) in [5, 5.41) is 28.6. The molecule has 0 bridgehead atoms. The highest BCUT2D eigenvalue weighted by molar-refractivity contribution is 7.80. The molecule has 0 saturated carbocycles. The van der Waals surface area contributed by atoms with E-state index in [0.717, 1.165) is 0 Å². The minimum absolute atomic E-state index is 0.0359. The summed E-state index contributed by atoms with van der Waals surface area (Å²) in [4.78, 5) is 73.4. The highest BCUT2D eigenvalue weighted by atomic mass is 35.5. The standard InChI is InChI=1S/C28H41ClN4O9S/c1-15(2)11-21(31-25(37)20(7-8-23(34)35)33-28(41)42-13-16(3)4)26(38)32-22(14-43)24(36)30-10-9-17-5-6-18(27(39)40)12-19(17)29/h5-6,12,15-16,20-22,43H,7-11,13-14H2,1-4H3,(H,30,36)(H,31,37)(H,32,38)(H,33,41)(H,34,35)(H,39,40)/t20-,21-,22-/m0/s1. The van der Waals surface area contributed by atoms with Crippen LogP contribution in [0.25, 0.3) is 0 Å². The third kappa shape index (κ3) is 14.5. The van der Waals surface area contributed by atoms with E-state index in [9.17, 15) is 28.8 Å². The molecular formula is C28H41ClN4O9S. The number of halogens is 1. The Morgan fingerprint density at radius 1 is 0.884 bits per heavy atom. The number of aliphatic carboxylic acids is 1. The number of rotatable bonds is 18. The van der Waals surface area contributed by atoms with Crippen molar-refractivity contribution in [2.75, 3.05) is 18.9 Å². The summed E-state index contributed by atoms with van der Waals surface area (Å²) in [5.74, 6) is -4.34. The zero-order chi connectivity index (χ0) is 32.7. The lowest BCUT2D eigenvalue weighted by molar-refractivity contribution is -0.137. The number of carboxylic acids is 2. The van der Waals surface area contributed by atoms with Crippen molar-refractivity contribution in [1.82, 2.24) is 21.3 Å². The largest absolute Gasteiger partial charge is 0.481 e. The predicted octanol–water partition coefficient (Wildman–Crippen LogP) is 2.26. The molecule has 0 heterocycles. The Labute approximate surface area is 261 Å². The summed E-state index contributed by atoms with van der Waals surface area (Å²) in [6, 6.07) is 0.837. The third-order valence-corrected chi connectivity index (χ3v) is 6.67. The maximum Gasteiger partial charge on any atom is 0.407 e. The molecule has 0 aromatic heterocycles. The molecule has 0 saturated heterocycles. The molecule has 43 heavy (non-hydrogen) atoms. The first kappa shape index (κ1) is 37.5. The summed E-state index contributed by atoms with van der Waals surface area (Å²) in [7, 11) is 0. The lowest BCUT2D eigenvalue weighted by atomic mass is 10.0. The van der Waals surface area contributed by atoms with Gasteiger partial charge in [0.05, 0.1) is 12.2 Å². The number of thiol groups is 1. The molecule has 0 fully saturated rings. The molecule has 4 amide bonds. The van der Waals surface area contributed by atoms with Gasteiger partial charge in [0.15, 0.2) is 0 Å². The number of nitrogens with one attached hydrogen (secondary N) is 4. The van der Waals surface area contributed by atoms with Gasteiger partial charge in [-0.05, 0) is 48.8 Å². The second-order valence-corrected chi connectivity index (χ2v) is 11.5. The van der Waals surface area contributed by atoms with Gasteiger partial charge in [-0.3, -0.25) is 19.2 Å². The molecule has 3 atom stereocenters. The predicted molar refractivity (Wildman–Crippen MR) is 162 cm³/mol. The van der Waals surface area contributed by atoms with Gasteiger partial charge in [0.25, 0.3) is 0 Å². The van der Waals surface area contributed by atoms with Crippen LogP contribution in [0, 0.1) is 11.8 Å². The second kappa shape index (κ2) is 18.9. The van der Waals surface area contributed by atoms with Crippen LogP contribution in [0.15, 0.2) is 18.2 Å². The van der Waals surface area contributed by atoms with Gasteiger partial charge in [-0.2, -0.15) is 12.6 Å². The van der Waals surface area contributed by atoms with Crippen LogP contribution in [-0.4, -0.2) is 83.0 Å². The van der Waals surface area contributed by atoms with Crippen LogP contribution in [0.4, 0.5) is 4.79 Å². The number of hydrogen-bond acceptors (Lipinski definition) is 8. The van der Waals surface area contributed by atoms with Gasteiger partial charge < -0.3 is 36.2 Å². The van der Waals surface area contributed by atoms with Crippen LogP contribution >= 0.6 is 24.2 Å². The molecule has 13 nitrogen and oxygen atoms in total. The molecule has 0 aliphatic heterocycles. The Bertz CT molecular complexity index is 1150. The van der Waals surface area contributed by atoms with Crippen molar-refractivity contribution in [1.29, 1.82) is 0 Å². The molecule has 0 aliphatic carbocycles. The Hall–Kier alpha value is -3.52. The Balaban J connectivity index is 2.88. The maximum absolute atomic E-state index is 13.2.